The molecule has 8 nitrogen and oxygen atoms in total. The maximum atomic E-state index is 12.6. The molecule has 1 fully saturated rings. The third-order valence-corrected chi connectivity index (χ3v) is 4.52. The van der Waals surface area contributed by atoms with Gasteiger partial charge in [-0.15, -0.1) is 0 Å². The van der Waals surface area contributed by atoms with Crippen LogP contribution in [0.4, 0.5) is 0 Å². The standard InChI is InChI=1S/C18H16N6O2/c1-11-7-12-9-20-24(17(12)19-8-11)10-15-21-16(22-26-15)14-3-2-6-23(18(14)25)13-4-5-13/h2-3,6-9,13H,4-5,10H2,1H3. The van der Waals surface area contributed by atoms with E-state index < -0.39 is 0 Å². The first-order valence-electron chi connectivity index (χ1n) is 8.51. The lowest BCUT2D eigenvalue weighted by Gasteiger charge is -2.03. The van der Waals surface area contributed by atoms with Gasteiger partial charge in [0.1, 0.15) is 6.54 Å². The molecular formula is C18H16N6O2. The van der Waals surface area contributed by atoms with Crippen LogP contribution in [0.5, 0.6) is 0 Å². The molecule has 130 valence electrons. The molecular weight excluding hydrogens is 332 g/mol. The summed E-state index contributed by atoms with van der Waals surface area (Å²) in [5.41, 5.74) is 2.21. The Hall–Kier alpha value is -3.29. The van der Waals surface area contributed by atoms with E-state index in [1.807, 2.05) is 25.3 Å². The molecule has 0 bridgehead atoms. The van der Waals surface area contributed by atoms with Crippen molar-refractivity contribution >= 4 is 11.0 Å². The van der Waals surface area contributed by atoms with Crippen LogP contribution in [-0.4, -0.2) is 29.5 Å². The summed E-state index contributed by atoms with van der Waals surface area (Å²) in [5.74, 6) is 0.689. The summed E-state index contributed by atoms with van der Waals surface area (Å²) in [6, 6.07) is 5.90. The van der Waals surface area contributed by atoms with Crippen LogP contribution in [0.2, 0.25) is 0 Å². The lowest BCUT2D eigenvalue weighted by molar-refractivity contribution is 0.367. The SMILES string of the molecule is Cc1cnc2c(cnn2Cc2nc(-c3cccn(C4CC4)c3=O)no2)c1. The molecule has 8 heteroatoms. The maximum Gasteiger partial charge on any atom is 0.262 e. The fourth-order valence-corrected chi connectivity index (χ4v) is 3.07. The van der Waals surface area contributed by atoms with Gasteiger partial charge in [-0.3, -0.25) is 4.79 Å². The highest BCUT2D eigenvalue weighted by molar-refractivity contribution is 5.74. The number of fused-ring (bicyclic) bond motifs is 1. The lowest BCUT2D eigenvalue weighted by atomic mass is 10.2. The van der Waals surface area contributed by atoms with E-state index in [1.165, 1.54) is 0 Å². The summed E-state index contributed by atoms with van der Waals surface area (Å²) in [7, 11) is 0. The molecule has 4 aromatic rings. The zero-order valence-electron chi connectivity index (χ0n) is 14.2. The van der Waals surface area contributed by atoms with Gasteiger partial charge in [-0.05, 0) is 43.5 Å². The normalized spacial score (nSPS) is 14.2. The molecule has 0 aromatic carbocycles. The minimum Gasteiger partial charge on any atom is -0.337 e. The van der Waals surface area contributed by atoms with Crippen molar-refractivity contribution in [3.05, 3.63) is 58.6 Å². The molecule has 0 spiro atoms. The van der Waals surface area contributed by atoms with E-state index in [1.54, 1.807) is 27.7 Å². The first-order valence-corrected chi connectivity index (χ1v) is 8.51. The minimum atomic E-state index is -0.0796. The van der Waals surface area contributed by atoms with Crippen LogP contribution in [0.3, 0.4) is 0 Å². The second-order valence-corrected chi connectivity index (χ2v) is 6.60. The fourth-order valence-electron chi connectivity index (χ4n) is 3.07. The molecule has 0 amide bonds. The maximum absolute atomic E-state index is 12.6. The Kier molecular flexibility index (Phi) is 3.24. The van der Waals surface area contributed by atoms with E-state index in [9.17, 15) is 4.79 Å². The molecule has 0 unspecified atom stereocenters. The van der Waals surface area contributed by atoms with E-state index >= 15 is 0 Å². The molecule has 1 saturated carbocycles. The molecule has 0 atom stereocenters. The molecule has 4 heterocycles. The summed E-state index contributed by atoms with van der Waals surface area (Å²) in [5, 5.41) is 9.28. The Labute approximate surface area is 148 Å². The largest absolute Gasteiger partial charge is 0.337 e. The van der Waals surface area contributed by atoms with E-state index in [0.717, 1.165) is 29.4 Å². The highest BCUT2D eigenvalue weighted by atomic mass is 16.5. The zero-order chi connectivity index (χ0) is 17.7. The Balaban J connectivity index is 1.47. The van der Waals surface area contributed by atoms with Gasteiger partial charge in [-0.1, -0.05) is 5.16 Å². The van der Waals surface area contributed by atoms with Crippen LogP contribution in [0.15, 0.2) is 46.1 Å². The molecule has 0 saturated heterocycles. The third-order valence-electron chi connectivity index (χ3n) is 4.52. The summed E-state index contributed by atoms with van der Waals surface area (Å²) in [6.07, 6.45) is 7.45. The fraction of sp³-hybridized carbons (Fsp3) is 0.278. The molecule has 0 radical (unpaired) electrons. The van der Waals surface area contributed by atoms with Gasteiger partial charge >= 0.3 is 0 Å². The number of aryl methyl sites for hydroxylation is 1. The van der Waals surface area contributed by atoms with Crippen LogP contribution < -0.4 is 5.56 Å². The van der Waals surface area contributed by atoms with E-state index in [-0.39, 0.29) is 5.56 Å². The summed E-state index contributed by atoms with van der Waals surface area (Å²) in [4.78, 5) is 21.4. The van der Waals surface area contributed by atoms with Crippen molar-refractivity contribution in [2.24, 2.45) is 0 Å². The highest BCUT2D eigenvalue weighted by Crippen LogP contribution is 2.33. The highest BCUT2D eigenvalue weighted by Gasteiger charge is 2.26. The number of nitrogens with zero attached hydrogens (tertiary/aromatic N) is 6. The van der Waals surface area contributed by atoms with Crippen molar-refractivity contribution in [1.82, 2.24) is 29.5 Å². The molecule has 4 aromatic heterocycles. The number of rotatable bonds is 4. The van der Waals surface area contributed by atoms with Crippen LogP contribution in [0.25, 0.3) is 22.4 Å². The Morgan fingerprint density at radius 2 is 2.19 bits per heavy atom. The monoisotopic (exact) mass is 348 g/mol. The van der Waals surface area contributed by atoms with E-state index in [4.69, 9.17) is 4.52 Å². The van der Waals surface area contributed by atoms with Crippen LogP contribution in [0.1, 0.15) is 30.3 Å². The zero-order valence-corrected chi connectivity index (χ0v) is 14.2. The predicted octanol–water partition coefficient (Wildman–Crippen LogP) is 2.33. The van der Waals surface area contributed by atoms with E-state index in [2.05, 4.69) is 20.2 Å². The summed E-state index contributed by atoms with van der Waals surface area (Å²) in [6.45, 7) is 2.29. The Morgan fingerprint density at radius 1 is 1.31 bits per heavy atom. The molecule has 1 aliphatic carbocycles. The topological polar surface area (TPSA) is 91.6 Å². The van der Waals surface area contributed by atoms with Crippen molar-refractivity contribution < 1.29 is 4.52 Å². The minimum absolute atomic E-state index is 0.0796. The van der Waals surface area contributed by atoms with Crippen LogP contribution >= 0.6 is 0 Å². The average molecular weight is 348 g/mol. The number of hydrogen-bond donors (Lipinski definition) is 0. The van der Waals surface area contributed by atoms with Crippen molar-refractivity contribution in [1.29, 1.82) is 0 Å². The molecule has 0 N–H and O–H groups in total. The summed E-state index contributed by atoms with van der Waals surface area (Å²) >= 11 is 0. The third kappa shape index (κ3) is 2.50. The van der Waals surface area contributed by atoms with Gasteiger partial charge in [0.05, 0.1) is 11.8 Å². The quantitative estimate of drug-likeness (QED) is 0.562. The van der Waals surface area contributed by atoms with Crippen molar-refractivity contribution in [2.75, 3.05) is 0 Å². The van der Waals surface area contributed by atoms with Gasteiger partial charge in [0.25, 0.3) is 5.56 Å². The lowest BCUT2D eigenvalue weighted by Crippen LogP contribution is -2.20. The van der Waals surface area contributed by atoms with Gasteiger partial charge in [0.2, 0.25) is 11.7 Å². The smallest absolute Gasteiger partial charge is 0.262 e. The average Bonchev–Trinajstić information content (AvgIpc) is 3.25. The predicted molar refractivity (Wildman–Crippen MR) is 93.6 cm³/mol. The second-order valence-electron chi connectivity index (χ2n) is 6.60. The number of pyridine rings is 2. The number of hydrogen-bond acceptors (Lipinski definition) is 6. The van der Waals surface area contributed by atoms with Gasteiger partial charge in [-0.25, -0.2) is 9.67 Å². The van der Waals surface area contributed by atoms with Gasteiger partial charge in [-0.2, -0.15) is 10.1 Å². The first-order chi connectivity index (χ1) is 12.7. The van der Waals surface area contributed by atoms with Crippen LogP contribution in [-0.2, 0) is 6.54 Å². The van der Waals surface area contributed by atoms with Crippen molar-refractivity contribution in [3.63, 3.8) is 0 Å². The molecule has 0 aliphatic heterocycles. The van der Waals surface area contributed by atoms with Crippen molar-refractivity contribution in [3.8, 4) is 11.4 Å². The first kappa shape index (κ1) is 15.0. The van der Waals surface area contributed by atoms with Crippen molar-refractivity contribution in [2.45, 2.75) is 32.4 Å². The molecule has 1 aliphatic rings. The molecule has 5 rings (SSSR count). The van der Waals surface area contributed by atoms with Gasteiger partial charge in [0, 0.05) is 23.8 Å². The second kappa shape index (κ2) is 5.62. The van der Waals surface area contributed by atoms with Crippen LogP contribution in [0, 0.1) is 6.92 Å². The Morgan fingerprint density at radius 3 is 3.04 bits per heavy atom. The van der Waals surface area contributed by atoms with Gasteiger partial charge < -0.3 is 9.09 Å². The molecule has 26 heavy (non-hydrogen) atoms. The van der Waals surface area contributed by atoms with Gasteiger partial charge in [0.15, 0.2) is 5.65 Å². The number of aromatic nitrogens is 6. The van der Waals surface area contributed by atoms with E-state index in [0.29, 0.717) is 29.9 Å². The Bertz CT molecular complexity index is 1170. The summed E-state index contributed by atoms with van der Waals surface area (Å²) < 4.78 is 8.79.